The highest BCUT2D eigenvalue weighted by molar-refractivity contribution is 6.98. The molecule has 2 aliphatic heterocycles. The van der Waals surface area contributed by atoms with Gasteiger partial charge in [0.25, 0.3) is 6.71 Å². The summed E-state index contributed by atoms with van der Waals surface area (Å²) in [4.78, 5) is 0. The Hall–Kier alpha value is -3.50. The zero-order valence-electron chi connectivity index (χ0n) is 15.1. The Kier molecular flexibility index (Phi) is 3.06. The Morgan fingerprint density at radius 2 is 1.67 bits per heavy atom. The second kappa shape index (κ2) is 5.25. The molecule has 27 heavy (non-hydrogen) atoms. The van der Waals surface area contributed by atoms with E-state index in [2.05, 4.69) is 44.2 Å². The van der Waals surface area contributed by atoms with E-state index in [1.54, 1.807) is 6.07 Å². The third-order valence-corrected chi connectivity index (χ3v) is 5.85. The van der Waals surface area contributed by atoms with Gasteiger partial charge in [0.1, 0.15) is 11.5 Å². The number of fused-ring (bicyclic) bond motifs is 4. The molecule has 126 valence electrons. The van der Waals surface area contributed by atoms with Crippen molar-refractivity contribution in [2.24, 2.45) is 0 Å². The zero-order valence-corrected chi connectivity index (χ0v) is 15.1. The molecule has 0 spiro atoms. The van der Waals surface area contributed by atoms with Crippen LogP contribution in [0.4, 0.5) is 0 Å². The molecular formula is C23H15BN2O. The monoisotopic (exact) mass is 346 g/mol. The molecule has 3 aromatic carbocycles. The van der Waals surface area contributed by atoms with E-state index < -0.39 is 0 Å². The number of ether oxygens (including phenoxy) is 1. The van der Waals surface area contributed by atoms with Gasteiger partial charge in [-0.2, -0.15) is 10.5 Å². The van der Waals surface area contributed by atoms with E-state index in [9.17, 15) is 10.5 Å². The van der Waals surface area contributed by atoms with Crippen LogP contribution in [0.15, 0.2) is 54.6 Å². The van der Waals surface area contributed by atoms with E-state index in [0.29, 0.717) is 11.1 Å². The quantitative estimate of drug-likeness (QED) is 0.460. The Morgan fingerprint density at radius 3 is 2.44 bits per heavy atom. The molecule has 0 radical (unpaired) electrons. The molecule has 4 heteroatoms. The minimum absolute atomic E-state index is 0.0374. The summed E-state index contributed by atoms with van der Waals surface area (Å²) in [6.07, 6.45) is 0. The van der Waals surface area contributed by atoms with Gasteiger partial charge in [-0.1, -0.05) is 43.6 Å². The summed E-state index contributed by atoms with van der Waals surface area (Å²) in [5.41, 5.74) is 6.48. The first-order valence-corrected chi connectivity index (χ1v) is 8.95. The predicted octanol–water partition coefficient (Wildman–Crippen LogP) is 2.69. The van der Waals surface area contributed by atoms with E-state index >= 15 is 0 Å². The van der Waals surface area contributed by atoms with Crippen LogP contribution in [0.5, 0.6) is 11.5 Å². The Bertz CT molecular complexity index is 1210. The molecule has 0 fully saturated rings. The average Bonchev–Trinajstić information content (AvgIpc) is 2.70. The van der Waals surface area contributed by atoms with E-state index in [0.717, 1.165) is 28.0 Å². The molecule has 0 bridgehead atoms. The first-order valence-electron chi connectivity index (χ1n) is 8.95. The number of hydrogen-bond acceptors (Lipinski definition) is 3. The Balaban J connectivity index is 1.94. The maximum Gasteiger partial charge on any atom is 0.251 e. The first kappa shape index (κ1) is 15.7. The molecule has 0 aliphatic carbocycles. The van der Waals surface area contributed by atoms with Crippen LogP contribution in [0.25, 0.3) is 0 Å². The van der Waals surface area contributed by atoms with Gasteiger partial charge in [-0.15, -0.1) is 0 Å². The van der Waals surface area contributed by atoms with Gasteiger partial charge in [0.15, 0.2) is 0 Å². The van der Waals surface area contributed by atoms with Crippen LogP contribution in [-0.4, -0.2) is 6.71 Å². The van der Waals surface area contributed by atoms with Crippen molar-refractivity contribution in [3.05, 3.63) is 76.9 Å². The van der Waals surface area contributed by atoms with Crippen molar-refractivity contribution in [2.45, 2.75) is 19.3 Å². The van der Waals surface area contributed by atoms with Crippen molar-refractivity contribution in [3.8, 4) is 23.6 Å². The van der Waals surface area contributed by atoms with Crippen LogP contribution in [0.1, 0.15) is 36.1 Å². The number of nitrogens with zero attached hydrogens (tertiary/aromatic N) is 2. The first-order chi connectivity index (χ1) is 13.1. The van der Waals surface area contributed by atoms with Crippen LogP contribution < -0.4 is 21.1 Å². The molecule has 5 rings (SSSR count). The topological polar surface area (TPSA) is 56.8 Å². The fraction of sp³-hybridized carbons (Fsp3) is 0.130. The van der Waals surface area contributed by atoms with Crippen LogP contribution in [0, 0.1) is 22.7 Å². The van der Waals surface area contributed by atoms with Gasteiger partial charge in [-0.3, -0.25) is 0 Å². The summed E-state index contributed by atoms with van der Waals surface area (Å²) < 4.78 is 6.21. The van der Waals surface area contributed by atoms with Gasteiger partial charge in [0.05, 0.1) is 23.3 Å². The van der Waals surface area contributed by atoms with E-state index in [4.69, 9.17) is 4.74 Å². The lowest BCUT2D eigenvalue weighted by Crippen LogP contribution is -2.62. The maximum atomic E-state index is 9.79. The third kappa shape index (κ3) is 1.96. The molecule has 3 aromatic rings. The third-order valence-electron chi connectivity index (χ3n) is 5.85. The molecule has 0 aromatic heterocycles. The Labute approximate surface area is 158 Å². The Morgan fingerprint density at radius 1 is 0.889 bits per heavy atom. The van der Waals surface area contributed by atoms with Crippen molar-refractivity contribution in [1.29, 1.82) is 10.5 Å². The molecule has 0 amide bonds. The number of hydrogen-bond donors (Lipinski definition) is 0. The van der Waals surface area contributed by atoms with Gasteiger partial charge in [0.2, 0.25) is 0 Å². The van der Waals surface area contributed by atoms with Crippen LogP contribution in [0.2, 0.25) is 0 Å². The highest BCUT2D eigenvalue weighted by Crippen LogP contribution is 2.39. The van der Waals surface area contributed by atoms with Crippen LogP contribution in [0.3, 0.4) is 0 Å². The van der Waals surface area contributed by atoms with Crippen molar-refractivity contribution >= 4 is 23.1 Å². The molecule has 0 unspecified atom stereocenters. The molecule has 0 atom stereocenters. The second-order valence-corrected chi connectivity index (χ2v) is 7.62. The predicted molar refractivity (Wildman–Crippen MR) is 106 cm³/mol. The van der Waals surface area contributed by atoms with Crippen molar-refractivity contribution in [2.75, 3.05) is 0 Å². The lowest BCUT2D eigenvalue weighted by molar-refractivity contribution is 0.484. The van der Waals surface area contributed by atoms with Crippen LogP contribution in [-0.2, 0) is 5.41 Å². The summed E-state index contributed by atoms with van der Waals surface area (Å²) >= 11 is 0. The smallest absolute Gasteiger partial charge is 0.251 e. The van der Waals surface area contributed by atoms with Gasteiger partial charge < -0.3 is 4.74 Å². The summed E-state index contributed by atoms with van der Waals surface area (Å²) in [6, 6.07) is 22.3. The lowest BCUT2D eigenvalue weighted by Gasteiger charge is -2.42. The zero-order chi connectivity index (χ0) is 18.8. The van der Waals surface area contributed by atoms with E-state index in [1.165, 1.54) is 11.0 Å². The molecule has 3 nitrogen and oxygen atoms in total. The molecular weight excluding hydrogens is 331 g/mol. The highest BCUT2D eigenvalue weighted by atomic mass is 16.5. The SMILES string of the molecule is CC1(C)c2ccccc2B2c3cc(C#N)ccc3Oc3ccc(C#N)c1c32. The van der Waals surface area contributed by atoms with Gasteiger partial charge in [-0.25, -0.2) is 0 Å². The summed E-state index contributed by atoms with van der Waals surface area (Å²) in [7, 11) is 0. The number of benzene rings is 3. The van der Waals surface area contributed by atoms with Crippen molar-refractivity contribution in [1.82, 2.24) is 0 Å². The van der Waals surface area contributed by atoms with Gasteiger partial charge >= 0.3 is 0 Å². The number of nitriles is 2. The number of rotatable bonds is 0. The lowest BCUT2D eigenvalue weighted by atomic mass is 9.30. The molecule has 0 saturated carbocycles. The second-order valence-electron chi connectivity index (χ2n) is 7.62. The maximum absolute atomic E-state index is 9.79. The molecule has 0 N–H and O–H groups in total. The van der Waals surface area contributed by atoms with Crippen molar-refractivity contribution < 1.29 is 4.74 Å². The van der Waals surface area contributed by atoms with Crippen LogP contribution >= 0.6 is 0 Å². The largest absolute Gasteiger partial charge is 0.458 e. The fourth-order valence-electron chi connectivity index (χ4n) is 4.73. The highest BCUT2D eigenvalue weighted by Gasteiger charge is 2.46. The van der Waals surface area contributed by atoms with Gasteiger partial charge in [-0.05, 0) is 52.4 Å². The summed E-state index contributed by atoms with van der Waals surface area (Å²) in [5.74, 6) is 1.57. The molecule has 2 aliphatic rings. The van der Waals surface area contributed by atoms with E-state index in [-0.39, 0.29) is 12.1 Å². The normalized spacial score (nSPS) is 14.7. The fourth-order valence-corrected chi connectivity index (χ4v) is 4.73. The molecule has 0 saturated heterocycles. The van der Waals surface area contributed by atoms with Crippen molar-refractivity contribution in [3.63, 3.8) is 0 Å². The minimum atomic E-state index is -0.308. The van der Waals surface area contributed by atoms with Gasteiger partial charge in [0, 0.05) is 5.41 Å². The minimum Gasteiger partial charge on any atom is -0.458 e. The molecule has 2 heterocycles. The van der Waals surface area contributed by atoms with E-state index in [1.807, 2.05) is 30.3 Å². The summed E-state index contributed by atoms with van der Waals surface area (Å²) in [6.45, 7) is 4.30. The average molecular weight is 346 g/mol. The standard InChI is InChI=1S/C23H15BN2O/c1-23(2)16-5-3-4-6-17(16)24-18-11-14(12-25)7-9-19(18)27-20-10-8-15(13-26)21(23)22(20)24/h3-11H,1-2H3. The summed E-state index contributed by atoms with van der Waals surface area (Å²) in [5, 5.41) is 19.2.